The van der Waals surface area contributed by atoms with Crippen molar-refractivity contribution >= 4 is 23.1 Å². The second kappa shape index (κ2) is 7.80. The van der Waals surface area contributed by atoms with Crippen LogP contribution in [0.5, 0.6) is 5.75 Å². The van der Waals surface area contributed by atoms with Crippen molar-refractivity contribution in [3.8, 4) is 5.75 Å². The predicted molar refractivity (Wildman–Crippen MR) is 117 cm³/mol. The first-order valence-electron chi connectivity index (χ1n) is 9.90. The molecule has 1 fully saturated rings. The molecule has 1 unspecified atom stereocenters. The van der Waals surface area contributed by atoms with Gasteiger partial charge >= 0.3 is 0 Å². The molecule has 1 atom stereocenters. The van der Waals surface area contributed by atoms with Crippen molar-refractivity contribution in [1.82, 2.24) is 0 Å². The second-order valence-corrected chi connectivity index (χ2v) is 7.68. The fourth-order valence-electron chi connectivity index (χ4n) is 4.07. The first-order chi connectivity index (χ1) is 14.8. The Balaban J connectivity index is 1.97. The van der Waals surface area contributed by atoms with Gasteiger partial charge in [0.25, 0.3) is 11.7 Å². The first kappa shape index (κ1) is 20.5. The summed E-state index contributed by atoms with van der Waals surface area (Å²) in [6.07, 6.45) is 1.47. The van der Waals surface area contributed by atoms with Crippen LogP contribution in [-0.2, 0) is 9.59 Å². The zero-order valence-corrected chi connectivity index (χ0v) is 17.8. The maximum atomic E-state index is 13.2. The topological polar surface area (TPSA) is 80.0 Å². The molecule has 2 heterocycles. The molecule has 6 heteroatoms. The highest BCUT2D eigenvalue weighted by atomic mass is 16.5. The zero-order chi connectivity index (χ0) is 22.3. The van der Waals surface area contributed by atoms with Gasteiger partial charge in [0.15, 0.2) is 0 Å². The van der Waals surface area contributed by atoms with Crippen LogP contribution in [0.3, 0.4) is 0 Å². The van der Waals surface area contributed by atoms with Crippen molar-refractivity contribution in [2.45, 2.75) is 26.8 Å². The van der Waals surface area contributed by atoms with E-state index in [0.29, 0.717) is 22.8 Å². The number of aliphatic hydroxyl groups is 1. The van der Waals surface area contributed by atoms with Crippen LogP contribution in [0.4, 0.5) is 5.69 Å². The van der Waals surface area contributed by atoms with Crippen molar-refractivity contribution in [3.63, 3.8) is 0 Å². The van der Waals surface area contributed by atoms with Gasteiger partial charge < -0.3 is 14.3 Å². The normalized spacial score (nSPS) is 17.9. The summed E-state index contributed by atoms with van der Waals surface area (Å²) in [6, 6.07) is 13.4. The molecule has 0 saturated carbocycles. The molecule has 0 aliphatic carbocycles. The summed E-state index contributed by atoms with van der Waals surface area (Å²) >= 11 is 0. The van der Waals surface area contributed by atoms with Crippen LogP contribution >= 0.6 is 0 Å². The average Bonchev–Trinajstić information content (AvgIpc) is 3.35. The molecule has 0 radical (unpaired) electrons. The highest BCUT2D eigenvalue weighted by Gasteiger charge is 2.48. The minimum absolute atomic E-state index is 0.0381. The number of hydrogen-bond donors (Lipinski definition) is 1. The van der Waals surface area contributed by atoms with Gasteiger partial charge in [-0.1, -0.05) is 23.8 Å². The molecule has 4 rings (SSSR count). The fraction of sp³-hybridized carbons (Fsp3) is 0.200. The Morgan fingerprint density at radius 3 is 2.35 bits per heavy atom. The maximum Gasteiger partial charge on any atom is 0.300 e. The van der Waals surface area contributed by atoms with E-state index in [1.165, 1.54) is 18.3 Å². The number of anilines is 1. The summed E-state index contributed by atoms with van der Waals surface area (Å²) in [5.41, 5.74) is 3.59. The molecule has 6 nitrogen and oxygen atoms in total. The third-order valence-electron chi connectivity index (χ3n) is 5.45. The number of aliphatic hydroxyl groups excluding tert-OH is 1. The van der Waals surface area contributed by atoms with Crippen LogP contribution in [0.2, 0.25) is 0 Å². The number of carbonyl (C=O) groups is 2. The lowest BCUT2D eigenvalue weighted by molar-refractivity contribution is -0.132. The molecule has 1 aliphatic rings. The van der Waals surface area contributed by atoms with Gasteiger partial charge in [-0.25, -0.2) is 0 Å². The number of aryl methyl sites for hydroxylation is 3. The van der Waals surface area contributed by atoms with Crippen LogP contribution in [0.15, 0.2) is 64.8 Å². The molecule has 1 N–H and O–H groups in total. The van der Waals surface area contributed by atoms with E-state index in [0.717, 1.165) is 16.7 Å². The summed E-state index contributed by atoms with van der Waals surface area (Å²) in [6.45, 7) is 5.68. The fourth-order valence-corrected chi connectivity index (χ4v) is 4.07. The number of hydrogen-bond acceptors (Lipinski definition) is 5. The Morgan fingerprint density at radius 1 is 1.03 bits per heavy atom. The number of furan rings is 1. The zero-order valence-electron chi connectivity index (χ0n) is 17.8. The Bertz CT molecular complexity index is 1190. The van der Waals surface area contributed by atoms with E-state index in [2.05, 4.69) is 0 Å². The van der Waals surface area contributed by atoms with Crippen LogP contribution in [0, 0.1) is 20.8 Å². The van der Waals surface area contributed by atoms with Crippen LogP contribution < -0.4 is 9.64 Å². The van der Waals surface area contributed by atoms with E-state index < -0.39 is 17.7 Å². The molecule has 1 aromatic heterocycles. The number of ketones is 1. The molecule has 3 aromatic rings. The molecule has 0 spiro atoms. The Morgan fingerprint density at radius 2 is 1.74 bits per heavy atom. The Labute approximate surface area is 180 Å². The second-order valence-electron chi connectivity index (χ2n) is 7.68. The molecular weight excluding hydrogens is 394 g/mol. The summed E-state index contributed by atoms with van der Waals surface area (Å²) < 4.78 is 11.1. The molecule has 1 aliphatic heterocycles. The van der Waals surface area contributed by atoms with Crippen molar-refractivity contribution < 1.29 is 23.8 Å². The average molecular weight is 417 g/mol. The van der Waals surface area contributed by atoms with Gasteiger partial charge in [-0.05, 0) is 62.2 Å². The van der Waals surface area contributed by atoms with Crippen LogP contribution in [0.1, 0.15) is 34.1 Å². The number of Topliss-reactive ketones (excluding diaryl/α,β-unsaturated/α-hetero) is 1. The number of carbonyl (C=O) groups excluding carboxylic acids is 2. The Hall–Kier alpha value is -3.80. The lowest BCUT2D eigenvalue weighted by Gasteiger charge is -2.23. The molecule has 31 heavy (non-hydrogen) atoms. The quantitative estimate of drug-likeness (QED) is 0.373. The van der Waals surface area contributed by atoms with E-state index in [4.69, 9.17) is 9.15 Å². The van der Waals surface area contributed by atoms with E-state index in [-0.39, 0.29) is 11.3 Å². The molecular formula is C25H23NO5. The third kappa shape index (κ3) is 3.40. The lowest BCUT2D eigenvalue weighted by atomic mass is 9.96. The number of benzene rings is 2. The van der Waals surface area contributed by atoms with Crippen LogP contribution in [-0.4, -0.2) is 23.9 Å². The first-order valence-corrected chi connectivity index (χ1v) is 9.90. The van der Waals surface area contributed by atoms with Crippen molar-refractivity contribution in [2.24, 2.45) is 0 Å². The van der Waals surface area contributed by atoms with Gasteiger partial charge in [0, 0.05) is 5.69 Å². The van der Waals surface area contributed by atoms with Gasteiger partial charge in [-0.3, -0.25) is 14.5 Å². The number of rotatable bonds is 4. The number of amides is 1. The minimum atomic E-state index is -0.900. The number of nitrogens with zero attached hydrogens (tertiary/aromatic N) is 1. The lowest BCUT2D eigenvalue weighted by Crippen LogP contribution is -2.29. The Kier molecular flexibility index (Phi) is 5.15. The monoisotopic (exact) mass is 417 g/mol. The van der Waals surface area contributed by atoms with Gasteiger partial charge in [-0.15, -0.1) is 0 Å². The summed E-state index contributed by atoms with van der Waals surface area (Å²) in [4.78, 5) is 27.6. The van der Waals surface area contributed by atoms with Gasteiger partial charge in [0.2, 0.25) is 0 Å². The van der Waals surface area contributed by atoms with Crippen molar-refractivity contribution in [1.29, 1.82) is 0 Å². The van der Waals surface area contributed by atoms with E-state index in [1.807, 2.05) is 39.0 Å². The maximum absolute atomic E-state index is 13.2. The predicted octanol–water partition coefficient (Wildman–Crippen LogP) is 4.84. The summed E-state index contributed by atoms with van der Waals surface area (Å²) in [5.74, 6) is -0.971. The highest BCUT2D eigenvalue weighted by molar-refractivity contribution is 6.51. The smallest absolute Gasteiger partial charge is 0.300 e. The summed E-state index contributed by atoms with van der Waals surface area (Å²) in [5, 5.41) is 11.3. The molecule has 1 saturated heterocycles. The standard InChI is InChI=1S/C25H23NO5/c1-14-7-9-17(10-8-14)26-21(19-6-5-11-31-19)20(23(28)25(26)29)22(27)18-13-15(2)12-16(3)24(18)30-4/h5-13,21,27H,1-4H3/b22-20-. The summed E-state index contributed by atoms with van der Waals surface area (Å²) in [7, 11) is 1.50. The largest absolute Gasteiger partial charge is 0.507 e. The van der Waals surface area contributed by atoms with Gasteiger partial charge in [0.1, 0.15) is 23.3 Å². The molecule has 0 bridgehead atoms. The third-order valence-corrected chi connectivity index (χ3v) is 5.45. The van der Waals surface area contributed by atoms with E-state index in [1.54, 1.807) is 30.3 Å². The molecule has 158 valence electrons. The van der Waals surface area contributed by atoms with Gasteiger partial charge in [0.05, 0.1) is 24.5 Å². The number of ether oxygens (including phenoxy) is 1. The van der Waals surface area contributed by atoms with Gasteiger partial charge in [-0.2, -0.15) is 0 Å². The van der Waals surface area contributed by atoms with Crippen molar-refractivity contribution in [2.75, 3.05) is 12.0 Å². The highest BCUT2D eigenvalue weighted by Crippen LogP contribution is 2.43. The van der Waals surface area contributed by atoms with Crippen molar-refractivity contribution in [3.05, 3.63) is 88.4 Å². The SMILES string of the molecule is COc1c(C)cc(C)cc1/C(O)=C1/C(=O)C(=O)N(c2ccc(C)cc2)C1c1ccco1. The van der Waals surface area contributed by atoms with E-state index >= 15 is 0 Å². The molecule has 2 aromatic carbocycles. The molecule has 1 amide bonds. The minimum Gasteiger partial charge on any atom is -0.507 e. The number of methoxy groups -OCH3 is 1. The van der Waals surface area contributed by atoms with Crippen LogP contribution in [0.25, 0.3) is 5.76 Å². The van der Waals surface area contributed by atoms with E-state index in [9.17, 15) is 14.7 Å².